The van der Waals surface area contributed by atoms with Gasteiger partial charge in [-0.15, -0.1) is 0 Å². The Morgan fingerprint density at radius 1 is 1.07 bits per heavy atom. The standard InChI is InChI=1S/C10H21NO3/c1-2-12-5-6-14-10-7-9(8-10)13-4-3-11/h9-10H,2-8,11H2,1H3/t9-,10-. The predicted molar refractivity (Wildman–Crippen MR) is 54.3 cm³/mol. The van der Waals surface area contributed by atoms with Gasteiger partial charge in [0.2, 0.25) is 0 Å². The molecule has 1 aliphatic carbocycles. The Morgan fingerprint density at radius 2 is 1.71 bits per heavy atom. The Morgan fingerprint density at radius 3 is 2.29 bits per heavy atom. The summed E-state index contributed by atoms with van der Waals surface area (Å²) in [5.41, 5.74) is 5.33. The van der Waals surface area contributed by atoms with Gasteiger partial charge in [-0.2, -0.15) is 0 Å². The highest BCUT2D eigenvalue weighted by molar-refractivity contribution is 4.81. The Labute approximate surface area is 85.7 Å². The molecule has 84 valence electrons. The van der Waals surface area contributed by atoms with Crippen molar-refractivity contribution in [1.82, 2.24) is 0 Å². The molecule has 1 rings (SSSR count). The molecule has 0 amide bonds. The third-order valence-electron chi connectivity index (χ3n) is 2.31. The molecule has 0 spiro atoms. The molecule has 0 saturated heterocycles. The van der Waals surface area contributed by atoms with Crippen LogP contribution < -0.4 is 5.73 Å². The Bertz CT molecular complexity index is 135. The molecule has 0 aromatic heterocycles. The molecule has 0 heterocycles. The van der Waals surface area contributed by atoms with Crippen molar-refractivity contribution in [2.45, 2.75) is 32.0 Å². The fourth-order valence-electron chi connectivity index (χ4n) is 1.44. The zero-order valence-electron chi connectivity index (χ0n) is 8.91. The van der Waals surface area contributed by atoms with E-state index in [1.165, 1.54) is 0 Å². The number of hydrogen-bond donors (Lipinski definition) is 1. The van der Waals surface area contributed by atoms with Crippen molar-refractivity contribution in [2.75, 3.05) is 33.0 Å². The summed E-state index contributed by atoms with van der Waals surface area (Å²) in [6.45, 7) is 5.41. The van der Waals surface area contributed by atoms with E-state index in [1.807, 2.05) is 6.92 Å². The fraction of sp³-hybridized carbons (Fsp3) is 1.00. The zero-order chi connectivity index (χ0) is 10.2. The maximum absolute atomic E-state index is 5.55. The second-order valence-electron chi connectivity index (χ2n) is 3.44. The molecule has 4 heteroatoms. The lowest BCUT2D eigenvalue weighted by Gasteiger charge is -2.34. The summed E-state index contributed by atoms with van der Waals surface area (Å²) in [7, 11) is 0. The Hall–Kier alpha value is -0.160. The van der Waals surface area contributed by atoms with E-state index in [4.69, 9.17) is 19.9 Å². The molecule has 1 fully saturated rings. The van der Waals surface area contributed by atoms with E-state index >= 15 is 0 Å². The lowest BCUT2D eigenvalue weighted by molar-refractivity contribution is -0.107. The summed E-state index contributed by atoms with van der Waals surface area (Å²) in [4.78, 5) is 0. The lowest BCUT2D eigenvalue weighted by Crippen LogP contribution is -2.39. The quantitative estimate of drug-likeness (QED) is 0.585. The van der Waals surface area contributed by atoms with Crippen LogP contribution in [0, 0.1) is 0 Å². The van der Waals surface area contributed by atoms with Crippen molar-refractivity contribution in [3.63, 3.8) is 0 Å². The second kappa shape index (κ2) is 7.17. The van der Waals surface area contributed by atoms with Gasteiger partial charge in [-0.1, -0.05) is 0 Å². The number of rotatable bonds is 8. The third-order valence-corrected chi connectivity index (χ3v) is 2.31. The molecule has 2 N–H and O–H groups in total. The average molecular weight is 203 g/mol. The van der Waals surface area contributed by atoms with Crippen molar-refractivity contribution in [3.8, 4) is 0 Å². The maximum Gasteiger partial charge on any atom is 0.0704 e. The van der Waals surface area contributed by atoms with Gasteiger partial charge in [0, 0.05) is 13.2 Å². The molecule has 0 unspecified atom stereocenters. The Balaban J connectivity index is 1.84. The highest BCUT2D eigenvalue weighted by Gasteiger charge is 2.30. The fourth-order valence-corrected chi connectivity index (χ4v) is 1.44. The number of hydrogen-bond acceptors (Lipinski definition) is 4. The minimum Gasteiger partial charge on any atom is -0.379 e. The molecular weight excluding hydrogens is 182 g/mol. The van der Waals surface area contributed by atoms with Crippen molar-refractivity contribution in [3.05, 3.63) is 0 Å². The predicted octanol–water partition coefficient (Wildman–Crippen LogP) is 0.546. The largest absolute Gasteiger partial charge is 0.379 e. The van der Waals surface area contributed by atoms with Crippen LogP contribution in [0.5, 0.6) is 0 Å². The first-order valence-corrected chi connectivity index (χ1v) is 5.37. The van der Waals surface area contributed by atoms with Gasteiger partial charge in [-0.3, -0.25) is 0 Å². The molecule has 0 atom stereocenters. The van der Waals surface area contributed by atoms with Gasteiger partial charge in [0.15, 0.2) is 0 Å². The molecule has 0 radical (unpaired) electrons. The molecule has 4 nitrogen and oxygen atoms in total. The van der Waals surface area contributed by atoms with Gasteiger partial charge in [0.05, 0.1) is 32.0 Å². The van der Waals surface area contributed by atoms with Crippen molar-refractivity contribution < 1.29 is 14.2 Å². The molecular formula is C10H21NO3. The normalized spacial score (nSPS) is 26.1. The minimum atomic E-state index is 0.371. The monoisotopic (exact) mass is 203 g/mol. The van der Waals surface area contributed by atoms with Crippen molar-refractivity contribution in [1.29, 1.82) is 0 Å². The summed E-state index contributed by atoms with van der Waals surface area (Å²) < 4.78 is 16.2. The van der Waals surface area contributed by atoms with Crippen LogP contribution in [0.3, 0.4) is 0 Å². The van der Waals surface area contributed by atoms with Crippen LogP contribution in [0.25, 0.3) is 0 Å². The SMILES string of the molecule is CCOCCO[C@H]1C[C@H](OCCN)C1. The van der Waals surface area contributed by atoms with E-state index in [0.29, 0.717) is 38.6 Å². The molecule has 1 aliphatic rings. The summed E-state index contributed by atoms with van der Waals surface area (Å²) in [5, 5.41) is 0. The van der Waals surface area contributed by atoms with Gasteiger partial charge in [0.25, 0.3) is 0 Å². The summed E-state index contributed by atoms with van der Waals surface area (Å²) >= 11 is 0. The summed E-state index contributed by atoms with van der Waals surface area (Å²) in [5.74, 6) is 0. The smallest absolute Gasteiger partial charge is 0.0704 e. The third kappa shape index (κ3) is 4.37. The highest BCUT2D eigenvalue weighted by atomic mass is 16.5. The van der Waals surface area contributed by atoms with E-state index in [-0.39, 0.29) is 0 Å². The van der Waals surface area contributed by atoms with Crippen molar-refractivity contribution >= 4 is 0 Å². The van der Waals surface area contributed by atoms with Gasteiger partial charge in [0.1, 0.15) is 0 Å². The van der Waals surface area contributed by atoms with Crippen molar-refractivity contribution in [2.24, 2.45) is 5.73 Å². The molecule has 14 heavy (non-hydrogen) atoms. The van der Waals surface area contributed by atoms with E-state index in [9.17, 15) is 0 Å². The number of nitrogens with two attached hydrogens (primary N) is 1. The van der Waals surface area contributed by atoms with E-state index in [0.717, 1.165) is 19.4 Å². The van der Waals surface area contributed by atoms with Crippen LogP contribution in [0.2, 0.25) is 0 Å². The molecule has 0 bridgehead atoms. The molecule has 0 aliphatic heterocycles. The van der Waals surface area contributed by atoms with E-state index in [1.54, 1.807) is 0 Å². The van der Waals surface area contributed by atoms with Crippen LogP contribution >= 0.6 is 0 Å². The average Bonchev–Trinajstić information content (AvgIpc) is 2.14. The van der Waals surface area contributed by atoms with Crippen LogP contribution in [0.4, 0.5) is 0 Å². The minimum absolute atomic E-state index is 0.371. The Kier molecular flexibility index (Phi) is 6.10. The first-order valence-electron chi connectivity index (χ1n) is 5.37. The highest BCUT2D eigenvalue weighted by Crippen LogP contribution is 2.25. The first kappa shape index (κ1) is 11.9. The zero-order valence-corrected chi connectivity index (χ0v) is 8.91. The van der Waals surface area contributed by atoms with E-state index in [2.05, 4.69) is 0 Å². The first-order chi connectivity index (χ1) is 6.86. The topological polar surface area (TPSA) is 53.7 Å². The second-order valence-corrected chi connectivity index (χ2v) is 3.44. The summed E-state index contributed by atoms with van der Waals surface area (Å²) in [6, 6.07) is 0. The summed E-state index contributed by atoms with van der Waals surface area (Å²) in [6.07, 6.45) is 2.76. The number of ether oxygens (including phenoxy) is 3. The van der Waals surface area contributed by atoms with Crippen LogP contribution in [0.15, 0.2) is 0 Å². The van der Waals surface area contributed by atoms with Crippen LogP contribution in [-0.4, -0.2) is 45.2 Å². The molecule has 1 saturated carbocycles. The van der Waals surface area contributed by atoms with Gasteiger partial charge in [-0.05, 0) is 19.8 Å². The van der Waals surface area contributed by atoms with Crippen LogP contribution in [0.1, 0.15) is 19.8 Å². The van der Waals surface area contributed by atoms with E-state index < -0.39 is 0 Å². The lowest BCUT2D eigenvalue weighted by atomic mass is 9.92. The van der Waals surface area contributed by atoms with Gasteiger partial charge in [-0.25, -0.2) is 0 Å². The van der Waals surface area contributed by atoms with Crippen LogP contribution in [-0.2, 0) is 14.2 Å². The van der Waals surface area contributed by atoms with Gasteiger partial charge < -0.3 is 19.9 Å². The molecule has 0 aromatic carbocycles. The van der Waals surface area contributed by atoms with Gasteiger partial charge >= 0.3 is 0 Å². The molecule has 0 aromatic rings. The maximum atomic E-state index is 5.55.